The number of hydrogen-bond donors (Lipinski definition) is 3. The Bertz CT molecular complexity index is 722. The van der Waals surface area contributed by atoms with Gasteiger partial charge in [0.15, 0.2) is 0 Å². The van der Waals surface area contributed by atoms with Crippen LogP contribution in [0.15, 0.2) is 24.3 Å². The van der Waals surface area contributed by atoms with Crippen molar-refractivity contribution in [1.29, 1.82) is 0 Å². The van der Waals surface area contributed by atoms with E-state index in [1.807, 2.05) is 24.3 Å². The third kappa shape index (κ3) is 6.35. The maximum atomic E-state index is 13.0. The molecule has 1 aliphatic carbocycles. The van der Waals surface area contributed by atoms with Crippen molar-refractivity contribution in [3.8, 4) is 0 Å². The predicted molar refractivity (Wildman–Crippen MR) is 115 cm³/mol. The Kier molecular flexibility index (Phi) is 7.30. The second-order valence-electron chi connectivity index (χ2n) is 8.18. The molecule has 0 aliphatic heterocycles. The average Bonchev–Trinajstić information content (AvgIpc) is 3.03. The Hall–Kier alpha value is -1.84. The van der Waals surface area contributed by atoms with E-state index in [2.05, 4.69) is 33.2 Å². The summed E-state index contributed by atoms with van der Waals surface area (Å²) in [6.07, 6.45) is 2.25. The van der Waals surface area contributed by atoms with Gasteiger partial charge < -0.3 is 21.1 Å². The van der Waals surface area contributed by atoms with Crippen LogP contribution in [0.2, 0.25) is 0 Å². The normalized spacial score (nSPS) is 16.9. The average molecular weight is 501 g/mol. The van der Waals surface area contributed by atoms with Crippen molar-refractivity contribution in [2.24, 2.45) is 5.73 Å². The van der Waals surface area contributed by atoms with Crippen molar-refractivity contribution in [2.45, 2.75) is 70.1 Å². The largest absolute Gasteiger partial charge is 0.444 e. The third-order valence-corrected chi connectivity index (χ3v) is 5.35. The molecule has 7 nitrogen and oxygen atoms in total. The molecule has 28 heavy (non-hydrogen) atoms. The van der Waals surface area contributed by atoms with E-state index >= 15 is 0 Å². The van der Waals surface area contributed by atoms with Gasteiger partial charge in [-0.2, -0.15) is 0 Å². The number of alkyl carbamates (subject to hydrolysis) is 1. The van der Waals surface area contributed by atoms with Gasteiger partial charge in [-0.15, -0.1) is 0 Å². The number of halogens is 1. The van der Waals surface area contributed by atoms with E-state index < -0.39 is 35.1 Å². The minimum atomic E-state index is -1.08. The summed E-state index contributed by atoms with van der Waals surface area (Å²) in [7, 11) is 0. The van der Waals surface area contributed by atoms with Crippen molar-refractivity contribution in [3.63, 3.8) is 0 Å². The monoisotopic (exact) mass is 501 g/mol. The van der Waals surface area contributed by atoms with E-state index in [4.69, 9.17) is 10.5 Å². The lowest BCUT2D eigenvalue weighted by atomic mass is 9.95. The number of carbonyl (C=O) groups excluding carboxylic acids is 3. The first-order chi connectivity index (χ1) is 13.0. The Morgan fingerprint density at radius 2 is 1.75 bits per heavy atom. The molecule has 1 fully saturated rings. The molecular weight excluding hydrogens is 473 g/mol. The fraction of sp³-hybridized carbons (Fsp3) is 0.550. The number of amides is 3. The second-order valence-corrected chi connectivity index (χ2v) is 9.42. The number of ether oxygens (including phenoxy) is 1. The summed E-state index contributed by atoms with van der Waals surface area (Å²) >= 11 is 2.20. The molecule has 1 saturated carbocycles. The molecule has 4 N–H and O–H groups in total. The van der Waals surface area contributed by atoms with E-state index in [-0.39, 0.29) is 0 Å². The van der Waals surface area contributed by atoms with E-state index in [0.29, 0.717) is 19.3 Å². The van der Waals surface area contributed by atoms with E-state index in [1.165, 1.54) is 0 Å². The zero-order chi connectivity index (χ0) is 20.9. The topological polar surface area (TPSA) is 111 Å². The number of carbonyl (C=O) groups is 3. The van der Waals surface area contributed by atoms with Gasteiger partial charge in [-0.05, 0) is 73.9 Å². The van der Waals surface area contributed by atoms with Gasteiger partial charge in [0.2, 0.25) is 11.8 Å². The van der Waals surface area contributed by atoms with Crippen molar-refractivity contribution < 1.29 is 19.1 Å². The highest BCUT2D eigenvalue weighted by atomic mass is 127. The molecule has 0 spiro atoms. The minimum absolute atomic E-state index is 0.292. The highest BCUT2D eigenvalue weighted by Gasteiger charge is 2.44. The van der Waals surface area contributed by atoms with Crippen LogP contribution in [0.25, 0.3) is 0 Å². The lowest BCUT2D eigenvalue weighted by Crippen LogP contribution is -2.61. The molecule has 0 radical (unpaired) electrons. The van der Waals surface area contributed by atoms with Gasteiger partial charge in [0, 0.05) is 9.99 Å². The highest BCUT2D eigenvalue weighted by molar-refractivity contribution is 14.1. The molecule has 1 aliphatic rings. The quantitative estimate of drug-likeness (QED) is 0.521. The van der Waals surface area contributed by atoms with Crippen LogP contribution in [0.3, 0.4) is 0 Å². The maximum absolute atomic E-state index is 13.0. The fourth-order valence-electron chi connectivity index (χ4n) is 3.26. The lowest BCUT2D eigenvalue weighted by Gasteiger charge is -2.31. The van der Waals surface area contributed by atoms with Gasteiger partial charge in [-0.25, -0.2) is 4.79 Å². The Labute approximate surface area is 179 Å². The van der Waals surface area contributed by atoms with Crippen LogP contribution in [0.5, 0.6) is 0 Å². The summed E-state index contributed by atoms with van der Waals surface area (Å²) in [6, 6.07) is 6.80. The van der Waals surface area contributed by atoms with Crippen LogP contribution in [0.4, 0.5) is 4.79 Å². The Balaban J connectivity index is 2.11. The van der Waals surface area contributed by atoms with Crippen LogP contribution in [0.1, 0.15) is 52.0 Å². The molecule has 2 rings (SSSR count). The summed E-state index contributed by atoms with van der Waals surface area (Å²) in [5.74, 6) is -1.01. The zero-order valence-electron chi connectivity index (χ0n) is 16.5. The number of nitrogens with two attached hydrogens (primary N) is 1. The molecule has 0 aromatic heterocycles. The predicted octanol–water partition coefficient (Wildman–Crippen LogP) is 2.64. The van der Waals surface area contributed by atoms with E-state index in [1.54, 1.807) is 20.8 Å². The van der Waals surface area contributed by atoms with Gasteiger partial charge in [-0.1, -0.05) is 25.0 Å². The first-order valence-corrected chi connectivity index (χ1v) is 10.4. The first kappa shape index (κ1) is 22.4. The molecule has 0 bridgehead atoms. The van der Waals surface area contributed by atoms with Crippen molar-refractivity contribution >= 4 is 40.5 Å². The maximum Gasteiger partial charge on any atom is 0.408 e. The summed E-state index contributed by atoms with van der Waals surface area (Å²) in [5.41, 5.74) is 4.67. The van der Waals surface area contributed by atoms with Crippen molar-refractivity contribution in [3.05, 3.63) is 33.4 Å². The summed E-state index contributed by atoms with van der Waals surface area (Å²) < 4.78 is 6.39. The molecule has 0 heterocycles. The van der Waals surface area contributed by atoms with Crippen molar-refractivity contribution in [2.75, 3.05) is 0 Å². The standard InChI is InChI=1S/C20H28IN3O4/c1-19(2,3)28-18(27)24-20(10-4-5-11-20)17(26)23-15(16(22)25)12-13-6-8-14(21)9-7-13/h6-9,15H,4-5,10-12H2,1-3H3,(H2,22,25)(H,23,26)(H,24,27). The molecule has 0 saturated heterocycles. The number of nitrogens with one attached hydrogen (secondary N) is 2. The van der Waals surface area contributed by atoms with Gasteiger partial charge >= 0.3 is 6.09 Å². The fourth-order valence-corrected chi connectivity index (χ4v) is 3.62. The number of benzene rings is 1. The molecule has 1 atom stereocenters. The molecular formula is C20H28IN3O4. The number of hydrogen-bond acceptors (Lipinski definition) is 4. The minimum Gasteiger partial charge on any atom is -0.444 e. The number of primary amides is 1. The molecule has 1 unspecified atom stereocenters. The van der Waals surface area contributed by atoms with Gasteiger partial charge in [-0.3, -0.25) is 9.59 Å². The van der Waals surface area contributed by atoms with E-state index in [9.17, 15) is 14.4 Å². The summed E-state index contributed by atoms with van der Waals surface area (Å²) in [4.78, 5) is 37.2. The van der Waals surface area contributed by atoms with Gasteiger partial charge in [0.1, 0.15) is 17.2 Å². The SMILES string of the molecule is CC(C)(C)OC(=O)NC1(C(=O)NC(Cc2ccc(I)cc2)C(N)=O)CCCC1. The molecule has 1 aromatic carbocycles. The summed E-state index contributed by atoms with van der Waals surface area (Å²) in [6.45, 7) is 5.29. The van der Waals surface area contributed by atoms with Crippen LogP contribution in [-0.2, 0) is 20.7 Å². The van der Waals surface area contributed by atoms with Crippen LogP contribution in [-0.4, -0.2) is 35.1 Å². The highest BCUT2D eigenvalue weighted by Crippen LogP contribution is 2.30. The van der Waals surface area contributed by atoms with Gasteiger partial charge in [0.05, 0.1) is 0 Å². The van der Waals surface area contributed by atoms with Crippen LogP contribution < -0.4 is 16.4 Å². The van der Waals surface area contributed by atoms with Gasteiger partial charge in [0.25, 0.3) is 0 Å². The molecule has 154 valence electrons. The van der Waals surface area contributed by atoms with Crippen LogP contribution >= 0.6 is 22.6 Å². The first-order valence-electron chi connectivity index (χ1n) is 9.37. The third-order valence-electron chi connectivity index (χ3n) is 4.63. The molecule has 1 aromatic rings. The molecule has 8 heteroatoms. The van der Waals surface area contributed by atoms with Crippen LogP contribution in [0, 0.1) is 3.57 Å². The Morgan fingerprint density at radius 3 is 2.25 bits per heavy atom. The second kappa shape index (κ2) is 9.11. The van der Waals surface area contributed by atoms with Crippen molar-refractivity contribution in [1.82, 2.24) is 10.6 Å². The molecule has 3 amide bonds. The Morgan fingerprint density at radius 1 is 1.18 bits per heavy atom. The lowest BCUT2D eigenvalue weighted by molar-refractivity contribution is -0.131. The van der Waals surface area contributed by atoms with E-state index in [0.717, 1.165) is 22.0 Å². The smallest absolute Gasteiger partial charge is 0.408 e. The zero-order valence-corrected chi connectivity index (χ0v) is 18.7. The summed E-state index contributed by atoms with van der Waals surface area (Å²) in [5, 5.41) is 5.48. The number of rotatable bonds is 6.